The van der Waals surface area contributed by atoms with E-state index in [4.69, 9.17) is 34.4 Å². The highest BCUT2D eigenvalue weighted by atomic mass is 16.4. The number of amides is 14. The monoisotopic (exact) mass is 1670 g/mol. The maximum Gasteiger partial charge on any atom is 0.326 e. The van der Waals surface area contributed by atoms with Crippen molar-refractivity contribution in [3.05, 3.63) is 59.7 Å². The number of primary amides is 1. The van der Waals surface area contributed by atoms with Crippen LogP contribution < -0.4 is 92.9 Å². The van der Waals surface area contributed by atoms with E-state index in [1.54, 1.807) is 41.5 Å². The zero-order valence-corrected chi connectivity index (χ0v) is 68.3. The molecule has 3 heterocycles. The van der Waals surface area contributed by atoms with Crippen molar-refractivity contribution in [2.45, 2.75) is 255 Å². The number of aliphatic imine (C=N–C) groups is 2. The number of carbonyl (C=O) groups excluding carboxylic acids is 14. The SMILES string of the molecule is CC[C@H](C)[C@H](NC(=O)[C@H](Cc1ccc(O)cc1)NC(=O)[C@@H]1CCCN1C(=O)[C@H](CCCN=C(N)N)NC(=O)[C@H](CCCN=C(N)N)NC(=O)[C@@H]1CCCN1C(=O)[C@H](CCCCN)NC(=O)[C@H](CC(N)=O)NC(=O)[C@H](CCC(=O)O)NC(=O)[C@H](Cc1ccc(O)cc1)NC(=O)[C@@H](CC(C)C)NC(=O)[C@@H]1CCC(=O)N1)C(=O)N[C@@H](CC(C)C)C(=O)O. The second-order valence-corrected chi connectivity index (χ2v) is 31.1. The maximum atomic E-state index is 15.1. The summed E-state index contributed by atoms with van der Waals surface area (Å²) in [5, 5.41) is 68.7. The van der Waals surface area contributed by atoms with Gasteiger partial charge in [-0.25, -0.2) is 4.79 Å². The first-order valence-electron chi connectivity index (χ1n) is 40.3. The Kier molecular flexibility index (Phi) is 39.9. The molecule has 0 unspecified atom stereocenters. The number of carbonyl (C=O) groups is 16. The number of phenols is 2. The fourth-order valence-corrected chi connectivity index (χ4v) is 14.0. The number of benzene rings is 2. The second-order valence-electron chi connectivity index (χ2n) is 31.1. The van der Waals surface area contributed by atoms with E-state index in [1.165, 1.54) is 53.4 Å². The third-order valence-corrected chi connectivity index (χ3v) is 20.5. The summed E-state index contributed by atoms with van der Waals surface area (Å²) in [5.41, 5.74) is 34.9. The molecular formula is C78H121N21O20. The molecular weight excluding hydrogens is 1550 g/mol. The molecule has 41 nitrogen and oxygen atoms in total. The average Bonchev–Trinajstić information content (AvgIpc) is 1.76. The molecule has 0 radical (unpaired) electrons. The summed E-state index contributed by atoms with van der Waals surface area (Å²) in [6.07, 6.45) is -1.46. The lowest BCUT2D eigenvalue weighted by atomic mass is 9.96. The van der Waals surface area contributed by atoms with Gasteiger partial charge in [-0.1, -0.05) is 72.2 Å². The Bertz CT molecular complexity index is 3910. The molecule has 5 rings (SSSR count). The number of likely N-dealkylation sites (tertiary alicyclic amines) is 2. The third-order valence-electron chi connectivity index (χ3n) is 20.5. The molecule has 14 atom stereocenters. The van der Waals surface area contributed by atoms with Crippen LogP contribution in [0.4, 0.5) is 0 Å². The molecule has 658 valence electrons. The van der Waals surface area contributed by atoms with E-state index in [-0.39, 0.29) is 177 Å². The van der Waals surface area contributed by atoms with Gasteiger partial charge in [-0.15, -0.1) is 0 Å². The van der Waals surface area contributed by atoms with Crippen molar-refractivity contribution in [3.8, 4) is 11.5 Å². The Balaban J connectivity index is 1.41. The normalized spacial score (nSPS) is 17.8. The molecule has 41 heteroatoms. The van der Waals surface area contributed by atoms with Gasteiger partial charge in [0.05, 0.1) is 6.42 Å². The van der Waals surface area contributed by atoms with Crippen molar-refractivity contribution >= 4 is 107 Å². The number of carboxylic acids is 2. The van der Waals surface area contributed by atoms with Crippen LogP contribution in [0.2, 0.25) is 0 Å². The van der Waals surface area contributed by atoms with Gasteiger partial charge in [0, 0.05) is 51.9 Å². The summed E-state index contributed by atoms with van der Waals surface area (Å²) in [7, 11) is 0. The summed E-state index contributed by atoms with van der Waals surface area (Å²) in [6.45, 7) is 10.5. The Morgan fingerprint density at radius 1 is 0.479 bits per heavy atom. The Morgan fingerprint density at radius 2 is 0.882 bits per heavy atom. The van der Waals surface area contributed by atoms with Crippen molar-refractivity contribution in [2.24, 2.45) is 62.1 Å². The van der Waals surface area contributed by atoms with Crippen LogP contribution in [0.5, 0.6) is 11.5 Å². The van der Waals surface area contributed by atoms with E-state index in [0.717, 1.165) is 4.90 Å². The summed E-state index contributed by atoms with van der Waals surface area (Å²) in [6, 6.07) is -7.40. The van der Waals surface area contributed by atoms with Crippen LogP contribution in [-0.2, 0) is 89.6 Å². The van der Waals surface area contributed by atoms with E-state index in [0.29, 0.717) is 24.0 Å². The standard InChI is InChI=1S/C78H121N21O20/c1-7-43(6)63(73(115)96-57(76(118)119)37-42(4)5)97-70(112)55(39-45-21-25-47(101)26-22-45)95-72(114)59-18-13-35-99(59)75(117)52(16-11-33-86-78(83)84)90-64(106)48(15-10-32-85-77(81)82)89-71(113)58-17-12-34-98(58)74(116)51(14-8-9-31-79)91-69(111)56(40-60(80)102)94-66(108)50(28-30-62(104)105)88-68(110)54(38-44-19-23-46(100)24-20-44)93-67(109)53(36-41(2)3)92-65(107)49-27-29-61(103)87-49/h19-26,41-43,48-59,63,100-101H,7-18,27-40,79H2,1-6H3,(H2,80,102)(H,87,103)(H,88,110)(H,89,113)(H,90,106)(H,91,111)(H,92,107)(H,93,109)(H,94,108)(H,95,114)(H,96,115)(H,97,112)(H,104,105)(H,118,119)(H4,81,82,85)(H4,83,84,86)/t43-,48-,49-,50-,51-,52-,53+,54-,55-,56-,57-,58-,59-,63-/m0/s1. The zero-order valence-electron chi connectivity index (χ0n) is 68.3. The molecule has 0 bridgehead atoms. The summed E-state index contributed by atoms with van der Waals surface area (Å²) in [5.74, 6) is -16.7. The molecule has 3 aliphatic rings. The molecule has 0 aromatic heterocycles. The molecule has 14 amide bonds. The van der Waals surface area contributed by atoms with E-state index in [2.05, 4.69) is 68.5 Å². The van der Waals surface area contributed by atoms with E-state index >= 15 is 9.59 Å². The van der Waals surface area contributed by atoms with Crippen LogP contribution in [0.25, 0.3) is 0 Å². The number of guanidine groups is 2. The van der Waals surface area contributed by atoms with E-state index in [9.17, 15) is 87.5 Å². The predicted molar refractivity (Wildman–Crippen MR) is 433 cm³/mol. The topological polar surface area (TPSA) is 674 Å². The number of phenolic OH excluding ortho intramolecular Hbond substituents is 2. The molecule has 3 aliphatic heterocycles. The number of nitrogens with zero attached hydrogens (tertiary/aromatic N) is 4. The smallest absolute Gasteiger partial charge is 0.326 e. The quantitative estimate of drug-likeness (QED) is 0.0172. The largest absolute Gasteiger partial charge is 0.508 e. The van der Waals surface area contributed by atoms with Crippen molar-refractivity contribution < 1.29 is 97.1 Å². The number of hydrogen-bond acceptors (Lipinski definition) is 21. The number of aromatic hydroxyl groups is 2. The first kappa shape index (κ1) is 97.6. The zero-order chi connectivity index (χ0) is 88.3. The van der Waals surface area contributed by atoms with Gasteiger partial charge in [-0.3, -0.25) is 81.9 Å². The number of aliphatic carboxylic acids is 2. The lowest BCUT2D eigenvalue weighted by molar-refractivity contribution is -0.144. The fraction of sp³-hybridized carbons (Fsp3) is 0.615. The van der Waals surface area contributed by atoms with Crippen molar-refractivity contribution in [1.29, 1.82) is 0 Å². The molecule has 0 saturated carbocycles. The lowest BCUT2D eigenvalue weighted by Crippen LogP contribution is -2.61. The maximum absolute atomic E-state index is 15.1. The summed E-state index contributed by atoms with van der Waals surface area (Å²) in [4.78, 5) is 234. The van der Waals surface area contributed by atoms with Gasteiger partial charge in [0.2, 0.25) is 82.7 Å². The number of hydrogen-bond donors (Lipinski definition) is 21. The minimum atomic E-state index is -1.93. The van der Waals surface area contributed by atoms with Crippen LogP contribution >= 0.6 is 0 Å². The first-order valence-corrected chi connectivity index (χ1v) is 40.3. The molecule has 3 saturated heterocycles. The molecule has 0 spiro atoms. The Hall–Kier alpha value is -11.9. The van der Waals surface area contributed by atoms with Gasteiger partial charge < -0.3 is 123 Å². The summed E-state index contributed by atoms with van der Waals surface area (Å²) < 4.78 is 0. The third kappa shape index (κ3) is 32.8. The van der Waals surface area contributed by atoms with Gasteiger partial charge >= 0.3 is 11.9 Å². The van der Waals surface area contributed by atoms with Gasteiger partial charge in [-0.05, 0) is 156 Å². The van der Waals surface area contributed by atoms with Gasteiger partial charge in [0.15, 0.2) is 11.9 Å². The number of unbranched alkanes of at least 4 members (excludes halogenated alkanes) is 1. The summed E-state index contributed by atoms with van der Waals surface area (Å²) >= 11 is 0. The number of nitrogens with one attached hydrogen (secondary N) is 11. The number of rotatable bonds is 50. The second kappa shape index (κ2) is 48.7. The Morgan fingerprint density at radius 3 is 1.34 bits per heavy atom. The van der Waals surface area contributed by atoms with Crippen LogP contribution in [0.15, 0.2) is 58.5 Å². The first-order chi connectivity index (χ1) is 56.3. The van der Waals surface area contributed by atoms with Crippen molar-refractivity contribution in [2.75, 3.05) is 32.7 Å². The van der Waals surface area contributed by atoms with Crippen LogP contribution in [0, 0.1) is 17.8 Å². The van der Waals surface area contributed by atoms with Crippen molar-refractivity contribution in [3.63, 3.8) is 0 Å². The van der Waals surface area contributed by atoms with Crippen LogP contribution in [0.3, 0.4) is 0 Å². The predicted octanol–water partition coefficient (Wildman–Crippen LogP) is -3.81. The Labute approximate surface area is 690 Å². The highest BCUT2D eigenvalue weighted by Crippen LogP contribution is 2.25. The van der Waals surface area contributed by atoms with Gasteiger partial charge in [0.25, 0.3) is 0 Å². The molecule has 119 heavy (non-hydrogen) atoms. The minimum Gasteiger partial charge on any atom is -0.508 e. The number of carboxylic acid groups (broad SMARTS) is 2. The molecule has 27 N–H and O–H groups in total. The highest BCUT2D eigenvalue weighted by molar-refractivity contribution is 6.01. The molecule has 3 fully saturated rings. The highest BCUT2D eigenvalue weighted by Gasteiger charge is 2.44. The van der Waals surface area contributed by atoms with Crippen LogP contribution in [0.1, 0.15) is 175 Å². The van der Waals surface area contributed by atoms with E-state index in [1.807, 2.05) is 0 Å². The van der Waals surface area contributed by atoms with E-state index < -0.39 is 192 Å². The minimum absolute atomic E-state index is 0.00423. The number of nitrogens with two attached hydrogens (primary N) is 6. The molecule has 2 aromatic carbocycles. The van der Waals surface area contributed by atoms with Crippen LogP contribution in [-0.4, -0.2) is 248 Å². The molecule has 2 aromatic rings. The molecule has 0 aliphatic carbocycles. The van der Waals surface area contributed by atoms with Gasteiger partial charge in [-0.2, -0.15) is 0 Å². The average molecular weight is 1670 g/mol. The van der Waals surface area contributed by atoms with Crippen molar-refractivity contribution in [1.82, 2.24) is 68.3 Å². The van der Waals surface area contributed by atoms with Gasteiger partial charge in [0.1, 0.15) is 90.0 Å². The lowest BCUT2D eigenvalue weighted by Gasteiger charge is -2.32. The fourth-order valence-electron chi connectivity index (χ4n) is 14.0.